The fraction of sp³-hybridized carbons (Fsp3) is 0.0556. The van der Waals surface area contributed by atoms with E-state index in [4.69, 9.17) is 0 Å². The Morgan fingerprint density at radius 3 is 2.37 bits per heavy atom. The van der Waals surface area contributed by atoms with Crippen LogP contribution in [0.15, 0.2) is 62.7 Å². The maximum atomic E-state index is 12.4. The van der Waals surface area contributed by atoms with Gasteiger partial charge in [-0.15, -0.1) is 4.40 Å². The highest BCUT2D eigenvalue weighted by atomic mass is 32.2. The maximum Gasteiger partial charge on any atom is 0.284 e. The second kappa shape index (κ2) is 6.36. The van der Waals surface area contributed by atoms with Gasteiger partial charge in [-0.05, 0) is 36.9 Å². The third kappa shape index (κ3) is 3.15. The van der Waals surface area contributed by atoms with E-state index < -0.39 is 21.8 Å². The average molecular weight is 399 g/mol. The minimum absolute atomic E-state index is 0.0282. The number of rotatable bonds is 2. The predicted molar refractivity (Wildman–Crippen MR) is 104 cm³/mol. The predicted octanol–water partition coefficient (Wildman–Crippen LogP) is 2.27. The van der Waals surface area contributed by atoms with Crippen molar-refractivity contribution in [2.75, 3.05) is 5.32 Å². The van der Waals surface area contributed by atoms with Gasteiger partial charge in [0, 0.05) is 11.3 Å². The van der Waals surface area contributed by atoms with E-state index >= 15 is 0 Å². The number of amides is 2. The summed E-state index contributed by atoms with van der Waals surface area (Å²) in [7, 11) is -3.98. The molecular weight excluding hydrogens is 386 g/mol. The van der Waals surface area contributed by atoms with Crippen molar-refractivity contribution in [1.29, 1.82) is 0 Å². The molecule has 2 aromatic rings. The highest BCUT2D eigenvalue weighted by molar-refractivity contribution is 8.19. The first-order chi connectivity index (χ1) is 12.8. The van der Waals surface area contributed by atoms with Crippen molar-refractivity contribution in [3.63, 3.8) is 0 Å². The van der Waals surface area contributed by atoms with Crippen LogP contribution in [0.4, 0.5) is 5.69 Å². The van der Waals surface area contributed by atoms with Crippen molar-refractivity contribution in [3.05, 3.63) is 64.6 Å². The normalized spacial score (nSPS) is 20.6. The number of thioether (sulfide) groups is 1. The van der Waals surface area contributed by atoms with Crippen LogP contribution in [-0.4, -0.2) is 25.4 Å². The second-order valence-electron chi connectivity index (χ2n) is 5.94. The molecule has 0 aromatic heterocycles. The second-order valence-corrected chi connectivity index (χ2v) is 8.55. The number of hydrogen-bond donors (Lipinski definition) is 2. The zero-order valence-electron chi connectivity index (χ0n) is 14.0. The van der Waals surface area contributed by atoms with Gasteiger partial charge in [0.1, 0.15) is 0 Å². The van der Waals surface area contributed by atoms with Crippen molar-refractivity contribution in [3.8, 4) is 0 Å². The Morgan fingerprint density at radius 2 is 1.63 bits per heavy atom. The summed E-state index contributed by atoms with van der Waals surface area (Å²) in [6.45, 7) is 1.85. The van der Waals surface area contributed by atoms with E-state index in [1.807, 2.05) is 6.92 Å². The van der Waals surface area contributed by atoms with Gasteiger partial charge in [0.25, 0.3) is 21.8 Å². The quantitative estimate of drug-likeness (QED) is 0.754. The molecule has 0 saturated carbocycles. The molecular formula is C18H13N3O4S2. The van der Waals surface area contributed by atoms with Crippen LogP contribution < -0.4 is 10.6 Å². The molecule has 0 atom stereocenters. The number of sulfonamides is 1. The summed E-state index contributed by atoms with van der Waals surface area (Å²) in [5.41, 5.74) is 2.34. The molecule has 0 unspecified atom stereocenters. The number of nitrogens with zero attached hydrogens (tertiary/aromatic N) is 1. The number of para-hydroxylation sites is 1. The van der Waals surface area contributed by atoms with E-state index in [1.165, 1.54) is 12.1 Å². The van der Waals surface area contributed by atoms with Gasteiger partial charge in [0.05, 0.1) is 15.4 Å². The van der Waals surface area contributed by atoms with E-state index in [1.54, 1.807) is 36.4 Å². The lowest BCUT2D eigenvalue weighted by Gasteiger charge is -2.00. The van der Waals surface area contributed by atoms with Gasteiger partial charge in [-0.3, -0.25) is 14.9 Å². The fourth-order valence-electron chi connectivity index (χ4n) is 2.74. The summed E-state index contributed by atoms with van der Waals surface area (Å²) in [5.74, 6) is -0.962. The molecule has 2 aliphatic rings. The number of amidine groups is 1. The van der Waals surface area contributed by atoms with Crippen LogP contribution in [0.3, 0.4) is 0 Å². The summed E-state index contributed by atoms with van der Waals surface area (Å²) in [6, 6.07) is 13.2. The minimum Gasteiger partial charge on any atom is -0.321 e. The molecule has 1 saturated heterocycles. The molecule has 7 nitrogen and oxygen atoms in total. The van der Waals surface area contributed by atoms with E-state index in [-0.39, 0.29) is 20.5 Å². The zero-order valence-corrected chi connectivity index (χ0v) is 15.6. The number of aryl methyl sites for hydroxylation is 1. The molecule has 9 heteroatoms. The Hall–Kier alpha value is -2.91. The molecule has 2 N–H and O–H groups in total. The van der Waals surface area contributed by atoms with Gasteiger partial charge in [-0.2, -0.15) is 8.42 Å². The van der Waals surface area contributed by atoms with Crippen LogP contribution in [0.25, 0.3) is 5.57 Å². The van der Waals surface area contributed by atoms with Gasteiger partial charge < -0.3 is 5.32 Å². The van der Waals surface area contributed by atoms with E-state index in [2.05, 4.69) is 15.0 Å². The van der Waals surface area contributed by atoms with Crippen LogP contribution in [0, 0.1) is 6.92 Å². The van der Waals surface area contributed by atoms with Crippen LogP contribution in [0.2, 0.25) is 0 Å². The topological polar surface area (TPSA) is 105 Å². The molecule has 0 bridgehead atoms. The maximum absolute atomic E-state index is 12.4. The van der Waals surface area contributed by atoms with Gasteiger partial charge in [-0.1, -0.05) is 35.9 Å². The molecule has 27 heavy (non-hydrogen) atoms. The Balaban J connectivity index is 1.72. The number of benzene rings is 2. The lowest BCUT2D eigenvalue weighted by molar-refractivity contribution is -0.115. The van der Waals surface area contributed by atoms with Gasteiger partial charge >= 0.3 is 0 Å². The van der Waals surface area contributed by atoms with Crippen LogP contribution in [0.1, 0.15) is 11.1 Å². The SMILES string of the molecule is Cc1ccc(S(=O)(=O)/N=C2\NC(=O)/C(=C3\C(=O)Nc4ccccc43)S2)cc1. The Labute approximate surface area is 159 Å². The first-order valence-electron chi connectivity index (χ1n) is 7.91. The van der Waals surface area contributed by atoms with Gasteiger partial charge in [0.15, 0.2) is 5.17 Å². The summed E-state index contributed by atoms with van der Waals surface area (Å²) in [6.07, 6.45) is 0. The summed E-state index contributed by atoms with van der Waals surface area (Å²) in [5, 5.41) is 5.03. The molecule has 4 rings (SSSR count). The van der Waals surface area contributed by atoms with Crippen LogP contribution >= 0.6 is 11.8 Å². The molecule has 2 amide bonds. The molecule has 2 aliphatic heterocycles. The van der Waals surface area contributed by atoms with Crippen molar-refractivity contribution in [2.24, 2.45) is 4.40 Å². The largest absolute Gasteiger partial charge is 0.321 e. The Morgan fingerprint density at radius 1 is 0.926 bits per heavy atom. The molecule has 0 aliphatic carbocycles. The Bertz CT molecular complexity index is 1150. The average Bonchev–Trinajstić information content (AvgIpc) is 3.13. The number of fused-ring (bicyclic) bond motifs is 1. The number of anilines is 1. The number of hydrogen-bond acceptors (Lipinski definition) is 5. The monoisotopic (exact) mass is 399 g/mol. The third-order valence-corrected chi connectivity index (χ3v) is 6.43. The standard InChI is InChI=1S/C18H13N3O4S2/c1-10-6-8-11(9-7-10)27(24,25)21-18-20-17(23)15(26-18)14-12-4-2-3-5-13(12)19-16(14)22/h2-9H,1H3,(H,19,22)(H,20,21,23)/b15-14+. The van der Waals surface area contributed by atoms with E-state index in [9.17, 15) is 18.0 Å². The number of carbonyl (C=O) groups is 2. The van der Waals surface area contributed by atoms with Crippen LogP contribution in [-0.2, 0) is 19.6 Å². The smallest absolute Gasteiger partial charge is 0.284 e. The first kappa shape index (κ1) is 17.5. The number of nitrogens with one attached hydrogen (secondary N) is 2. The fourth-order valence-corrected chi connectivity index (χ4v) is 4.82. The van der Waals surface area contributed by atoms with Crippen LogP contribution in [0.5, 0.6) is 0 Å². The first-order valence-corrected chi connectivity index (χ1v) is 10.2. The van der Waals surface area contributed by atoms with E-state index in [0.717, 1.165) is 17.3 Å². The molecule has 136 valence electrons. The summed E-state index contributed by atoms with van der Waals surface area (Å²) < 4.78 is 28.6. The minimum atomic E-state index is -3.98. The van der Waals surface area contributed by atoms with Crippen molar-refractivity contribution in [2.45, 2.75) is 11.8 Å². The molecule has 2 heterocycles. The Kier molecular flexibility index (Phi) is 4.12. The van der Waals surface area contributed by atoms with Crippen molar-refractivity contribution in [1.82, 2.24) is 5.32 Å². The highest BCUT2D eigenvalue weighted by Gasteiger charge is 2.35. The van der Waals surface area contributed by atoms with Crippen molar-refractivity contribution >= 4 is 50.0 Å². The van der Waals surface area contributed by atoms with Crippen molar-refractivity contribution < 1.29 is 18.0 Å². The molecule has 2 aromatic carbocycles. The van der Waals surface area contributed by atoms with Gasteiger partial charge in [-0.25, -0.2) is 0 Å². The molecule has 0 radical (unpaired) electrons. The molecule has 1 fully saturated rings. The van der Waals surface area contributed by atoms with E-state index in [0.29, 0.717) is 11.3 Å². The molecule has 0 spiro atoms. The number of carbonyl (C=O) groups excluding carboxylic acids is 2. The summed E-state index contributed by atoms with van der Waals surface area (Å²) in [4.78, 5) is 24.8. The highest BCUT2D eigenvalue weighted by Crippen LogP contribution is 2.39. The summed E-state index contributed by atoms with van der Waals surface area (Å²) >= 11 is 0.837. The third-order valence-electron chi connectivity index (χ3n) is 4.05. The van der Waals surface area contributed by atoms with Gasteiger partial charge in [0.2, 0.25) is 0 Å². The zero-order chi connectivity index (χ0) is 19.2. The lowest BCUT2D eigenvalue weighted by atomic mass is 10.1. The lowest BCUT2D eigenvalue weighted by Crippen LogP contribution is -2.21.